The molecular weight excluding hydrogens is 330 g/mol. The van der Waals surface area contributed by atoms with Crippen LogP contribution in [0.2, 0.25) is 0 Å². The maximum Gasteiger partial charge on any atom is 0.345 e. The van der Waals surface area contributed by atoms with Gasteiger partial charge in [-0.3, -0.25) is 14.9 Å². The number of hydrogen-bond acceptors (Lipinski definition) is 7. The Morgan fingerprint density at radius 2 is 2.24 bits per heavy atom. The lowest BCUT2D eigenvalue weighted by Gasteiger charge is -2.24. The third kappa shape index (κ3) is 2.59. The maximum absolute atomic E-state index is 12.0. The molecule has 2 heterocycles. The fourth-order valence-electron chi connectivity index (χ4n) is 4.12. The number of methoxy groups -OCH3 is 1. The number of carbonyl (C=O) groups is 2. The summed E-state index contributed by atoms with van der Waals surface area (Å²) in [6, 6.07) is 1.32. The van der Waals surface area contributed by atoms with Crippen molar-refractivity contribution in [3.05, 3.63) is 27.4 Å². The molecule has 0 bridgehead atoms. The molecule has 1 N–H and O–H groups in total. The molecule has 134 valence electrons. The molecule has 3 rings (SSSR count). The van der Waals surface area contributed by atoms with Gasteiger partial charge in [0, 0.05) is 18.8 Å². The molecule has 1 aliphatic carbocycles. The fourth-order valence-corrected chi connectivity index (χ4v) is 4.12. The highest BCUT2D eigenvalue weighted by Crippen LogP contribution is 2.50. The molecule has 9 heteroatoms. The molecule has 9 nitrogen and oxygen atoms in total. The molecule has 2 atom stereocenters. The van der Waals surface area contributed by atoms with Crippen LogP contribution in [-0.4, -0.2) is 47.2 Å². The normalized spacial score (nSPS) is 24.9. The second kappa shape index (κ2) is 5.98. The molecule has 25 heavy (non-hydrogen) atoms. The van der Waals surface area contributed by atoms with Gasteiger partial charge in [-0.1, -0.05) is 6.42 Å². The summed E-state index contributed by atoms with van der Waals surface area (Å²) in [5.41, 5.74) is -1.07. The van der Waals surface area contributed by atoms with Crippen molar-refractivity contribution in [2.24, 2.45) is 11.3 Å². The van der Waals surface area contributed by atoms with Gasteiger partial charge in [-0.15, -0.1) is 0 Å². The monoisotopic (exact) mass is 349 g/mol. The molecule has 2 fully saturated rings. The summed E-state index contributed by atoms with van der Waals surface area (Å²) in [7, 11) is 1.15. The number of fused-ring (bicyclic) bond motifs is 1. The van der Waals surface area contributed by atoms with E-state index in [-0.39, 0.29) is 23.8 Å². The Morgan fingerprint density at radius 1 is 1.52 bits per heavy atom. The lowest BCUT2D eigenvalue weighted by molar-refractivity contribution is -0.384. The van der Waals surface area contributed by atoms with Gasteiger partial charge in [0.2, 0.25) is 5.82 Å². The number of aliphatic carboxylic acids is 1. The van der Waals surface area contributed by atoms with Crippen LogP contribution in [0.1, 0.15) is 35.3 Å². The second-order valence-electron chi connectivity index (χ2n) is 6.66. The van der Waals surface area contributed by atoms with Crippen molar-refractivity contribution in [1.29, 1.82) is 0 Å². The molecule has 0 aromatic carbocycles. The number of carboxylic acid groups (broad SMARTS) is 1. The van der Waals surface area contributed by atoms with Gasteiger partial charge in [0.25, 0.3) is 0 Å². The molecule has 0 spiro atoms. The first kappa shape index (κ1) is 17.1. The van der Waals surface area contributed by atoms with Crippen LogP contribution in [0.3, 0.4) is 0 Å². The van der Waals surface area contributed by atoms with E-state index in [1.165, 1.54) is 6.07 Å². The van der Waals surface area contributed by atoms with Crippen LogP contribution >= 0.6 is 0 Å². The van der Waals surface area contributed by atoms with E-state index < -0.39 is 28.0 Å². The number of hydrogen-bond donors (Lipinski definition) is 1. The number of pyridine rings is 1. The van der Waals surface area contributed by atoms with Crippen molar-refractivity contribution >= 4 is 23.4 Å². The number of aromatic nitrogens is 1. The standard InChI is InChI=1S/C16H19N3O6/c1-9-6-11(14(20)25-2)12(19(23)24)13(17-9)18-7-10-4-3-5-16(10,8-18)15(21)22/h6,10H,3-5,7-8H2,1-2H3,(H,21,22)/t10-,16+/m0/s1. The number of nitro groups is 1. The average molecular weight is 349 g/mol. The van der Waals surface area contributed by atoms with Crippen molar-refractivity contribution in [1.82, 2.24) is 4.98 Å². The Morgan fingerprint density at radius 3 is 2.80 bits per heavy atom. The lowest BCUT2D eigenvalue weighted by atomic mass is 9.81. The Bertz CT molecular complexity index is 764. The van der Waals surface area contributed by atoms with E-state index >= 15 is 0 Å². The summed E-state index contributed by atoms with van der Waals surface area (Å²) in [6.07, 6.45) is 2.15. The van der Waals surface area contributed by atoms with Crippen molar-refractivity contribution in [3.63, 3.8) is 0 Å². The Balaban J connectivity index is 2.09. The minimum absolute atomic E-state index is 0.0421. The molecule has 2 aliphatic rings. The Hall–Kier alpha value is -2.71. The lowest BCUT2D eigenvalue weighted by Crippen LogP contribution is -2.36. The second-order valence-corrected chi connectivity index (χ2v) is 6.66. The quantitative estimate of drug-likeness (QED) is 0.496. The van der Waals surface area contributed by atoms with E-state index in [2.05, 4.69) is 9.72 Å². The SMILES string of the molecule is COC(=O)c1cc(C)nc(N2C[C@@H]3CCC[C@@]3(C(=O)O)C2)c1[N+](=O)[O-]. The third-order valence-electron chi connectivity index (χ3n) is 5.29. The minimum Gasteiger partial charge on any atom is -0.481 e. The zero-order valence-corrected chi connectivity index (χ0v) is 14.0. The first-order valence-corrected chi connectivity index (χ1v) is 8.03. The molecule has 1 aromatic heterocycles. The number of rotatable bonds is 4. The van der Waals surface area contributed by atoms with E-state index in [1.807, 2.05) is 0 Å². The highest BCUT2D eigenvalue weighted by molar-refractivity contribution is 5.96. The zero-order valence-electron chi connectivity index (χ0n) is 14.0. The molecule has 0 radical (unpaired) electrons. The Labute approximate surface area is 143 Å². The van der Waals surface area contributed by atoms with Gasteiger partial charge < -0.3 is 14.7 Å². The van der Waals surface area contributed by atoms with Crippen LogP contribution in [0.5, 0.6) is 0 Å². The van der Waals surface area contributed by atoms with Crippen LogP contribution < -0.4 is 4.90 Å². The highest BCUT2D eigenvalue weighted by atomic mass is 16.6. The van der Waals surface area contributed by atoms with Gasteiger partial charge in [-0.2, -0.15) is 0 Å². The minimum atomic E-state index is -0.898. The van der Waals surface area contributed by atoms with Gasteiger partial charge >= 0.3 is 17.6 Å². The number of carbonyl (C=O) groups excluding carboxylic acids is 1. The summed E-state index contributed by atoms with van der Waals surface area (Å²) in [5, 5.41) is 21.3. The van der Waals surface area contributed by atoms with Crippen LogP contribution in [0.4, 0.5) is 11.5 Å². The predicted molar refractivity (Wildman–Crippen MR) is 86.6 cm³/mol. The van der Waals surface area contributed by atoms with E-state index in [9.17, 15) is 24.8 Å². The van der Waals surface area contributed by atoms with Crippen LogP contribution in [0.15, 0.2) is 6.07 Å². The number of carboxylic acids is 1. The van der Waals surface area contributed by atoms with Gasteiger partial charge in [-0.25, -0.2) is 9.78 Å². The summed E-state index contributed by atoms with van der Waals surface area (Å²) >= 11 is 0. The van der Waals surface area contributed by atoms with E-state index in [0.717, 1.165) is 20.0 Å². The van der Waals surface area contributed by atoms with Gasteiger partial charge in [0.1, 0.15) is 5.56 Å². The average Bonchev–Trinajstić information content (AvgIpc) is 3.11. The van der Waals surface area contributed by atoms with Crippen LogP contribution in [-0.2, 0) is 9.53 Å². The van der Waals surface area contributed by atoms with Crippen molar-refractivity contribution in [2.75, 3.05) is 25.1 Å². The maximum atomic E-state index is 12.0. The summed E-state index contributed by atoms with van der Waals surface area (Å²) in [4.78, 5) is 40.6. The summed E-state index contributed by atoms with van der Waals surface area (Å²) in [5.74, 6) is -1.72. The van der Waals surface area contributed by atoms with Crippen molar-refractivity contribution in [3.8, 4) is 0 Å². The molecule has 0 amide bonds. The number of ether oxygens (including phenoxy) is 1. The number of aryl methyl sites for hydroxylation is 1. The van der Waals surface area contributed by atoms with Gasteiger partial charge in [0.05, 0.1) is 17.4 Å². The number of esters is 1. The van der Waals surface area contributed by atoms with E-state index in [0.29, 0.717) is 18.7 Å². The molecule has 1 saturated heterocycles. The zero-order chi connectivity index (χ0) is 18.4. The molecule has 1 saturated carbocycles. The largest absolute Gasteiger partial charge is 0.481 e. The molecule has 1 aliphatic heterocycles. The van der Waals surface area contributed by atoms with E-state index in [4.69, 9.17) is 0 Å². The smallest absolute Gasteiger partial charge is 0.345 e. The van der Waals surface area contributed by atoms with Crippen molar-refractivity contribution in [2.45, 2.75) is 26.2 Å². The number of anilines is 1. The first-order chi connectivity index (χ1) is 11.8. The number of nitrogens with zero attached hydrogens (tertiary/aromatic N) is 3. The predicted octanol–water partition coefficient (Wildman–Crippen LogP) is 1.78. The summed E-state index contributed by atoms with van der Waals surface area (Å²) in [6.45, 7) is 2.17. The van der Waals surface area contributed by atoms with Crippen molar-refractivity contribution < 1.29 is 24.4 Å². The summed E-state index contributed by atoms with van der Waals surface area (Å²) < 4.78 is 4.65. The molecule has 1 aromatic rings. The molecule has 0 unspecified atom stereocenters. The van der Waals surface area contributed by atoms with Crippen LogP contribution in [0.25, 0.3) is 0 Å². The van der Waals surface area contributed by atoms with Gasteiger partial charge in [0.15, 0.2) is 0 Å². The topological polar surface area (TPSA) is 123 Å². The Kier molecular flexibility index (Phi) is 4.09. The van der Waals surface area contributed by atoms with Gasteiger partial charge in [-0.05, 0) is 31.7 Å². The fraction of sp³-hybridized carbons (Fsp3) is 0.562. The molecular formula is C16H19N3O6. The third-order valence-corrected chi connectivity index (χ3v) is 5.29. The first-order valence-electron chi connectivity index (χ1n) is 8.03. The highest BCUT2D eigenvalue weighted by Gasteiger charge is 2.56. The van der Waals surface area contributed by atoms with Crippen LogP contribution in [0, 0.1) is 28.4 Å². The van der Waals surface area contributed by atoms with E-state index in [1.54, 1.807) is 11.8 Å².